The van der Waals surface area contributed by atoms with E-state index in [1.165, 1.54) is 0 Å². The molecule has 0 spiro atoms. The molecule has 1 saturated heterocycles. The minimum absolute atomic E-state index is 0.0567. The summed E-state index contributed by atoms with van der Waals surface area (Å²) in [4.78, 5) is 0.300. The van der Waals surface area contributed by atoms with Crippen LogP contribution in [0.2, 0.25) is 31.0 Å². The second kappa shape index (κ2) is 6.17. The third-order valence-corrected chi connectivity index (χ3v) is 10.2. The number of benzene rings is 1. The van der Waals surface area contributed by atoms with Crippen LogP contribution in [-0.2, 0) is 19.3 Å². The van der Waals surface area contributed by atoms with Crippen molar-refractivity contribution in [2.24, 2.45) is 0 Å². The molecular weight excluding hydrogens is 365 g/mol. The Morgan fingerprint density at radius 3 is 1.96 bits per heavy atom. The van der Waals surface area contributed by atoms with Crippen LogP contribution in [0.1, 0.15) is 27.7 Å². The summed E-state index contributed by atoms with van der Waals surface area (Å²) < 4.78 is 41.0. The first-order valence-corrected chi connectivity index (χ1v) is 14.3. The van der Waals surface area contributed by atoms with Crippen molar-refractivity contribution in [1.82, 2.24) is 4.72 Å². The summed E-state index contributed by atoms with van der Waals surface area (Å²) >= 11 is 0. The normalized spacial score (nSPS) is 30.4. The van der Waals surface area contributed by atoms with Gasteiger partial charge in [0.1, 0.15) is 0 Å². The van der Waals surface area contributed by atoms with E-state index in [1.54, 1.807) is 24.3 Å². The Morgan fingerprint density at radius 1 is 1.00 bits per heavy atom. The van der Waals surface area contributed by atoms with Crippen LogP contribution in [0.5, 0.6) is 0 Å². The average molecular weight is 395 g/mol. The van der Waals surface area contributed by atoms with Crippen LogP contribution in [0.25, 0.3) is 0 Å². The fraction of sp³-hybridized carbons (Fsp3) is 0.667. The maximum Gasteiger partial charge on any atom is 0.462 e. The summed E-state index contributed by atoms with van der Waals surface area (Å²) in [7, 11) is -5.52. The number of hydrogen-bond acceptors (Lipinski definition) is 4. The molecule has 1 saturated carbocycles. The minimum Gasteiger partial charge on any atom is -0.403 e. The lowest BCUT2D eigenvalue weighted by molar-refractivity contribution is 0.00578. The van der Waals surface area contributed by atoms with Gasteiger partial charge in [0.15, 0.2) is 0 Å². The van der Waals surface area contributed by atoms with Gasteiger partial charge in [-0.1, -0.05) is 37.8 Å². The Labute approximate surface area is 159 Å². The van der Waals surface area contributed by atoms with Gasteiger partial charge in [0.2, 0.25) is 10.0 Å². The first-order chi connectivity index (χ1) is 11.8. The predicted molar refractivity (Wildman–Crippen MR) is 107 cm³/mol. The van der Waals surface area contributed by atoms with Gasteiger partial charge in [-0.15, -0.1) is 0 Å². The second-order valence-electron chi connectivity index (χ2n) is 9.55. The molecule has 1 N–H and O–H groups in total. The molecule has 3 unspecified atom stereocenters. The Bertz CT molecular complexity index is 760. The number of hydrogen-bond donors (Lipinski definition) is 1. The summed E-state index contributed by atoms with van der Waals surface area (Å²) in [6.45, 7) is 14.9. The van der Waals surface area contributed by atoms with Crippen LogP contribution < -0.4 is 4.72 Å². The van der Waals surface area contributed by atoms with E-state index in [-0.39, 0.29) is 24.5 Å². The topological polar surface area (TPSA) is 64.6 Å². The fourth-order valence-corrected chi connectivity index (χ4v) is 8.06. The van der Waals surface area contributed by atoms with Crippen molar-refractivity contribution in [1.29, 1.82) is 0 Å². The molecule has 5 nitrogen and oxygen atoms in total. The van der Waals surface area contributed by atoms with Gasteiger partial charge in [-0.3, -0.25) is 0 Å². The second-order valence-corrected chi connectivity index (χ2v) is 16.7. The van der Waals surface area contributed by atoms with Gasteiger partial charge in [-0.2, -0.15) is 0 Å². The van der Waals surface area contributed by atoms with E-state index in [1.807, 2.05) is 33.8 Å². The lowest BCUT2D eigenvalue weighted by Crippen LogP contribution is -2.41. The molecule has 0 aromatic heterocycles. The van der Waals surface area contributed by atoms with E-state index in [9.17, 15) is 8.42 Å². The van der Waals surface area contributed by atoms with Crippen LogP contribution in [0.15, 0.2) is 35.2 Å². The molecule has 1 aromatic carbocycles. The number of nitrogens with one attached hydrogen (secondary N) is 1. The minimum atomic E-state index is -3.55. The zero-order valence-corrected chi connectivity index (χ0v) is 18.6. The Kier molecular flexibility index (Phi) is 4.76. The van der Waals surface area contributed by atoms with Gasteiger partial charge >= 0.3 is 7.12 Å². The standard InChI is InChI=1S/C18H30BNO4SSi/c1-17(2)18(3,4)24-19(23-17)14-15(16(14)26(5,6)7)20-25(21,22)13-11-9-8-10-12-13/h8-12,14-16,20H,1-7H3. The van der Waals surface area contributed by atoms with E-state index < -0.39 is 29.3 Å². The molecule has 0 bridgehead atoms. The average Bonchev–Trinajstić information content (AvgIpc) is 3.14. The quantitative estimate of drug-likeness (QED) is 0.775. The molecule has 1 aliphatic carbocycles. The summed E-state index contributed by atoms with van der Waals surface area (Å²) in [6, 6.07) is 8.40. The lowest BCUT2D eigenvalue weighted by atomic mass is 9.81. The summed E-state index contributed by atoms with van der Waals surface area (Å²) in [5.41, 5.74) is -0.532. The Hall–Kier alpha value is -0.668. The molecule has 2 fully saturated rings. The van der Waals surface area contributed by atoms with Gasteiger partial charge in [-0.25, -0.2) is 13.1 Å². The predicted octanol–water partition coefficient (Wildman–Crippen LogP) is 3.52. The van der Waals surface area contributed by atoms with E-state index >= 15 is 0 Å². The third kappa shape index (κ3) is 3.54. The molecule has 144 valence electrons. The van der Waals surface area contributed by atoms with Crippen LogP contribution in [0.3, 0.4) is 0 Å². The van der Waals surface area contributed by atoms with Crippen molar-refractivity contribution >= 4 is 25.2 Å². The lowest BCUT2D eigenvalue weighted by Gasteiger charge is -2.32. The summed E-state index contributed by atoms with van der Waals surface area (Å²) in [6.07, 6.45) is 0. The van der Waals surface area contributed by atoms with Crippen molar-refractivity contribution in [3.05, 3.63) is 30.3 Å². The molecule has 1 aliphatic heterocycles. The van der Waals surface area contributed by atoms with Crippen molar-refractivity contribution < 1.29 is 17.7 Å². The van der Waals surface area contributed by atoms with Crippen LogP contribution in [-0.4, -0.2) is 40.9 Å². The maximum absolute atomic E-state index is 12.8. The van der Waals surface area contributed by atoms with Crippen LogP contribution in [0, 0.1) is 0 Å². The molecular formula is C18H30BNO4SSi. The first kappa shape index (κ1) is 20.1. The van der Waals surface area contributed by atoms with E-state index in [0.29, 0.717) is 4.90 Å². The van der Waals surface area contributed by atoms with E-state index in [4.69, 9.17) is 9.31 Å². The Morgan fingerprint density at radius 2 is 1.50 bits per heavy atom. The maximum atomic E-state index is 12.8. The molecule has 26 heavy (non-hydrogen) atoms. The van der Waals surface area contributed by atoms with Crippen LogP contribution in [0.4, 0.5) is 0 Å². The smallest absolute Gasteiger partial charge is 0.403 e. The molecule has 3 atom stereocenters. The van der Waals surface area contributed by atoms with Gasteiger partial charge in [-0.05, 0) is 45.4 Å². The molecule has 0 amide bonds. The van der Waals surface area contributed by atoms with Crippen molar-refractivity contribution in [2.75, 3.05) is 0 Å². The molecule has 3 rings (SSSR count). The van der Waals surface area contributed by atoms with E-state index in [0.717, 1.165) is 0 Å². The van der Waals surface area contributed by atoms with Gasteiger partial charge in [0, 0.05) is 19.9 Å². The Balaban J connectivity index is 1.83. The molecule has 0 radical (unpaired) electrons. The number of sulfonamides is 1. The highest BCUT2D eigenvalue weighted by Crippen LogP contribution is 2.61. The summed E-state index contributed by atoms with van der Waals surface area (Å²) in [5, 5.41) is 0. The third-order valence-electron chi connectivity index (χ3n) is 6.01. The highest BCUT2D eigenvalue weighted by molar-refractivity contribution is 7.89. The van der Waals surface area contributed by atoms with Gasteiger partial charge < -0.3 is 9.31 Å². The van der Waals surface area contributed by atoms with Crippen LogP contribution >= 0.6 is 0 Å². The summed E-state index contributed by atoms with van der Waals surface area (Å²) in [5.74, 6) is 0.0567. The highest BCUT2D eigenvalue weighted by atomic mass is 32.2. The molecule has 1 heterocycles. The zero-order chi connectivity index (χ0) is 19.5. The van der Waals surface area contributed by atoms with Crippen molar-refractivity contribution in [3.63, 3.8) is 0 Å². The SMILES string of the molecule is CC1(C)OB(C2C(NS(=O)(=O)c3ccccc3)C2[Si](C)(C)C)OC1(C)C. The molecule has 8 heteroatoms. The van der Waals surface area contributed by atoms with Crippen molar-refractivity contribution in [3.8, 4) is 0 Å². The molecule has 2 aliphatic rings. The van der Waals surface area contributed by atoms with Gasteiger partial charge in [0.05, 0.1) is 16.1 Å². The number of rotatable bonds is 5. The zero-order valence-electron chi connectivity index (χ0n) is 16.7. The highest BCUT2D eigenvalue weighted by Gasteiger charge is 2.68. The molecule has 1 aromatic rings. The van der Waals surface area contributed by atoms with Gasteiger partial charge in [0.25, 0.3) is 0 Å². The fourth-order valence-electron chi connectivity index (χ4n) is 3.83. The van der Waals surface area contributed by atoms with E-state index in [2.05, 4.69) is 24.4 Å². The van der Waals surface area contributed by atoms with Crippen molar-refractivity contribution in [2.45, 2.75) is 80.8 Å². The monoisotopic (exact) mass is 395 g/mol. The largest absolute Gasteiger partial charge is 0.462 e. The first-order valence-electron chi connectivity index (χ1n) is 9.19.